The molecule has 20 heavy (non-hydrogen) atoms. The second-order valence-electron chi connectivity index (χ2n) is 5.00. The van der Waals surface area contributed by atoms with Gasteiger partial charge in [-0.05, 0) is 31.4 Å². The van der Waals surface area contributed by atoms with Gasteiger partial charge in [-0.1, -0.05) is 24.6 Å². The van der Waals surface area contributed by atoms with Crippen molar-refractivity contribution in [3.8, 4) is 10.6 Å². The highest BCUT2D eigenvalue weighted by molar-refractivity contribution is 7.15. The van der Waals surface area contributed by atoms with Crippen LogP contribution >= 0.6 is 22.9 Å². The topological polar surface area (TPSA) is 24.9 Å². The van der Waals surface area contributed by atoms with Gasteiger partial charge in [-0.2, -0.15) is 0 Å². The van der Waals surface area contributed by atoms with Crippen molar-refractivity contribution in [1.82, 2.24) is 10.3 Å². The molecule has 0 amide bonds. The van der Waals surface area contributed by atoms with Crippen LogP contribution in [0.1, 0.15) is 30.3 Å². The third-order valence-electron chi connectivity index (χ3n) is 3.42. The Morgan fingerprint density at radius 3 is 2.95 bits per heavy atom. The second-order valence-corrected chi connectivity index (χ2v) is 6.49. The highest BCUT2D eigenvalue weighted by atomic mass is 35.5. The molecule has 0 bridgehead atoms. The van der Waals surface area contributed by atoms with Gasteiger partial charge in [-0.15, -0.1) is 11.3 Å². The molecule has 1 N–H and O–H groups in total. The monoisotopic (exact) mass is 310 g/mol. The highest BCUT2D eigenvalue weighted by Gasteiger charge is 2.22. The lowest BCUT2D eigenvalue weighted by atomic mass is 10.2. The summed E-state index contributed by atoms with van der Waals surface area (Å²) in [5.41, 5.74) is 1.55. The molecule has 0 unspecified atom stereocenters. The number of benzene rings is 1. The Morgan fingerprint density at radius 1 is 1.45 bits per heavy atom. The number of thiazole rings is 1. The molecule has 1 saturated carbocycles. The molecule has 0 aliphatic heterocycles. The summed E-state index contributed by atoms with van der Waals surface area (Å²) >= 11 is 7.40. The Hall–Kier alpha value is -0.970. The standard InChI is InChI=1S/C15H16ClFN2S/c1-2-12-13(8-18-9-6-7-9)20-15(19-12)10-4-3-5-11(16)14(10)17/h3-5,9,18H,2,6-8H2,1H3. The lowest BCUT2D eigenvalue weighted by Gasteiger charge is -2.01. The van der Waals surface area contributed by atoms with Gasteiger partial charge in [0.25, 0.3) is 0 Å². The number of hydrogen-bond donors (Lipinski definition) is 1. The van der Waals surface area contributed by atoms with Crippen LogP contribution in [0.15, 0.2) is 18.2 Å². The lowest BCUT2D eigenvalue weighted by Crippen LogP contribution is -2.15. The molecule has 5 heteroatoms. The largest absolute Gasteiger partial charge is 0.309 e. The molecule has 1 heterocycles. The highest BCUT2D eigenvalue weighted by Crippen LogP contribution is 2.33. The number of rotatable bonds is 5. The van der Waals surface area contributed by atoms with Crippen LogP contribution in [0.3, 0.4) is 0 Å². The number of aromatic nitrogens is 1. The number of aryl methyl sites for hydroxylation is 1. The number of hydrogen-bond acceptors (Lipinski definition) is 3. The summed E-state index contributed by atoms with van der Waals surface area (Å²) in [5.74, 6) is -0.382. The summed E-state index contributed by atoms with van der Waals surface area (Å²) in [6.45, 7) is 2.90. The minimum absolute atomic E-state index is 0.147. The molecule has 1 aromatic carbocycles. The van der Waals surface area contributed by atoms with Crippen LogP contribution in [0.4, 0.5) is 4.39 Å². The molecule has 1 aliphatic rings. The lowest BCUT2D eigenvalue weighted by molar-refractivity contribution is 0.631. The first-order valence-electron chi connectivity index (χ1n) is 6.85. The van der Waals surface area contributed by atoms with Gasteiger partial charge in [0, 0.05) is 23.0 Å². The van der Waals surface area contributed by atoms with Gasteiger partial charge in [0.1, 0.15) is 5.01 Å². The first kappa shape index (κ1) is 14.0. The molecule has 2 nitrogen and oxygen atoms in total. The summed E-state index contributed by atoms with van der Waals surface area (Å²) in [5, 5.41) is 4.35. The van der Waals surface area contributed by atoms with Crippen LogP contribution in [0.2, 0.25) is 5.02 Å². The van der Waals surface area contributed by atoms with Gasteiger partial charge >= 0.3 is 0 Å². The van der Waals surface area contributed by atoms with Crippen LogP contribution in [0, 0.1) is 5.82 Å². The summed E-state index contributed by atoms with van der Waals surface area (Å²) in [6, 6.07) is 5.71. The smallest absolute Gasteiger partial charge is 0.152 e. The normalized spacial score (nSPS) is 14.8. The SMILES string of the molecule is CCc1nc(-c2cccc(Cl)c2F)sc1CNC1CC1. The van der Waals surface area contributed by atoms with Crippen molar-refractivity contribution in [2.45, 2.75) is 38.8 Å². The average molecular weight is 311 g/mol. The van der Waals surface area contributed by atoms with Gasteiger partial charge in [-0.25, -0.2) is 9.37 Å². The van der Waals surface area contributed by atoms with Crippen molar-refractivity contribution in [3.63, 3.8) is 0 Å². The van der Waals surface area contributed by atoms with Gasteiger partial charge in [-0.3, -0.25) is 0 Å². The fourth-order valence-corrected chi connectivity index (χ4v) is 3.40. The summed E-state index contributed by atoms with van der Waals surface area (Å²) in [4.78, 5) is 5.78. The molecule has 0 spiro atoms. The van der Waals surface area contributed by atoms with Gasteiger partial charge in [0.2, 0.25) is 0 Å². The Morgan fingerprint density at radius 2 is 2.25 bits per heavy atom. The Bertz CT molecular complexity index is 622. The molecule has 0 atom stereocenters. The third-order valence-corrected chi connectivity index (χ3v) is 4.85. The van der Waals surface area contributed by atoms with E-state index < -0.39 is 0 Å². The van der Waals surface area contributed by atoms with E-state index in [1.54, 1.807) is 29.5 Å². The van der Waals surface area contributed by atoms with Crippen LogP contribution < -0.4 is 5.32 Å². The van der Waals surface area contributed by atoms with Crippen LogP contribution in [-0.2, 0) is 13.0 Å². The number of halogens is 2. The van der Waals surface area contributed by atoms with E-state index >= 15 is 0 Å². The minimum Gasteiger partial charge on any atom is -0.309 e. The first-order chi connectivity index (χ1) is 9.69. The molecule has 106 valence electrons. The molecule has 1 fully saturated rings. The van der Waals surface area contributed by atoms with Crippen molar-refractivity contribution in [2.75, 3.05) is 0 Å². The van der Waals surface area contributed by atoms with E-state index in [0.29, 0.717) is 11.6 Å². The first-order valence-corrected chi connectivity index (χ1v) is 8.04. The Balaban J connectivity index is 1.90. The van der Waals surface area contributed by atoms with E-state index in [9.17, 15) is 4.39 Å². The predicted molar refractivity (Wildman–Crippen MR) is 81.8 cm³/mol. The molecule has 1 aromatic heterocycles. The van der Waals surface area contributed by atoms with Crippen LogP contribution in [0.25, 0.3) is 10.6 Å². The maximum absolute atomic E-state index is 14.1. The van der Waals surface area contributed by atoms with E-state index in [4.69, 9.17) is 11.6 Å². The summed E-state index contributed by atoms with van der Waals surface area (Å²) in [6.07, 6.45) is 3.38. The van der Waals surface area contributed by atoms with Crippen molar-refractivity contribution in [1.29, 1.82) is 0 Å². The van der Waals surface area contributed by atoms with Crippen molar-refractivity contribution in [2.24, 2.45) is 0 Å². The predicted octanol–water partition coefficient (Wildman–Crippen LogP) is 4.42. The van der Waals surface area contributed by atoms with Gasteiger partial charge in [0.15, 0.2) is 5.82 Å². The fraction of sp³-hybridized carbons (Fsp3) is 0.400. The molecule has 3 rings (SSSR count). The summed E-state index contributed by atoms with van der Waals surface area (Å²) in [7, 11) is 0. The van der Waals surface area contributed by atoms with E-state index in [-0.39, 0.29) is 10.8 Å². The van der Waals surface area contributed by atoms with Crippen molar-refractivity contribution in [3.05, 3.63) is 39.6 Å². The van der Waals surface area contributed by atoms with Crippen molar-refractivity contribution < 1.29 is 4.39 Å². The van der Waals surface area contributed by atoms with E-state index in [2.05, 4.69) is 17.2 Å². The average Bonchev–Trinajstić information content (AvgIpc) is 3.19. The quantitative estimate of drug-likeness (QED) is 0.884. The maximum Gasteiger partial charge on any atom is 0.152 e. The fourth-order valence-electron chi connectivity index (χ4n) is 2.11. The minimum atomic E-state index is -0.382. The van der Waals surface area contributed by atoms with Crippen molar-refractivity contribution >= 4 is 22.9 Å². The van der Waals surface area contributed by atoms with E-state index in [1.807, 2.05) is 0 Å². The van der Waals surface area contributed by atoms with Gasteiger partial charge in [0.05, 0.1) is 10.7 Å². The molecule has 0 saturated heterocycles. The van der Waals surface area contributed by atoms with E-state index in [0.717, 1.165) is 23.7 Å². The van der Waals surface area contributed by atoms with E-state index in [1.165, 1.54) is 17.7 Å². The Labute approximate surface area is 127 Å². The number of nitrogens with zero attached hydrogens (tertiary/aromatic N) is 1. The zero-order valence-corrected chi connectivity index (χ0v) is 12.8. The third kappa shape index (κ3) is 2.87. The van der Waals surface area contributed by atoms with Crippen LogP contribution in [0.5, 0.6) is 0 Å². The van der Waals surface area contributed by atoms with Crippen LogP contribution in [-0.4, -0.2) is 11.0 Å². The molecular weight excluding hydrogens is 295 g/mol. The molecule has 1 aliphatic carbocycles. The molecular formula is C15H16ClFN2S. The maximum atomic E-state index is 14.1. The zero-order chi connectivity index (χ0) is 14.1. The second kappa shape index (κ2) is 5.80. The van der Waals surface area contributed by atoms with Gasteiger partial charge < -0.3 is 5.32 Å². The number of nitrogens with one attached hydrogen (secondary N) is 1. The molecule has 0 radical (unpaired) electrons. The zero-order valence-electron chi connectivity index (χ0n) is 11.2. The Kier molecular flexibility index (Phi) is 4.06. The molecule has 2 aromatic rings. The summed E-state index contributed by atoms with van der Waals surface area (Å²) < 4.78 is 14.1.